The van der Waals surface area contributed by atoms with E-state index < -0.39 is 20.2 Å². The van der Waals surface area contributed by atoms with Gasteiger partial charge in [0.25, 0.3) is 0 Å². The summed E-state index contributed by atoms with van der Waals surface area (Å²) >= 11 is 0. The highest BCUT2D eigenvalue weighted by atomic mass is 28.4. The standard InChI is InChI=1S/C27H41NO5Si/c1-18(14-20-8-10-21(11-9-20)19(2)26(31)32)28-16-25(33-34(6,7)27(3,4)5)22-12-13-24(30)23(15-22)17-29/h8-13,15,18-19,25,28-30H,14,16-17H2,1-7H3,(H,31,32)/t18?,19?,25-/m0/s1. The Morgan fingerprint density at radius 2 is 1.65 bits per heavy atom. The molecule has 4 N–H and O–H groups in total. The van der Waals surface area contributed by atoms with Crippen molar-refractivity contribution in [3.8, 4) is 5.75 Å². The molecular weight excluding hydrogens is 446 g/mol. The van der Waals surface area contributed by atoms with Crippen LogP contribution in [0.3, 0.4) is 0 Å². The van der Waals surface area contributed by atoms with Gasteiger partial charge in [0.05, 0.1) is 18.6 Å². The highest BCUT2D eigenvalue weighted by molar-refractivity contribution is 6.74. The van der Waals surface area contributed by atoms with E-state index in [1.54, 1.807) is 13.0 Å². The van der Waals surface area contributed by atoms with Gasteiger partial charge in [0.1, 0.15) is 5.75 Å². The van der Waals surface area contributed by atoms with Gasteiger partial charge >= 0.3 is 5.97 Å². The normalized spacial score (nSPS) is 15.1. The summed E-state index contributed by atoms with van der Waals surface area (Å²) in [4.78, 5) is 11.2. The molecule has 34 heavy (non-hydrogen) atoms. The molecule has 2 aromatic rings. The average molecular weight is 488 g/mol. The van der Waals surface area contributed by atoms with Gasteiger partial charge in [0.2, 0.25) is 0 Å². The first kappa shape index (κ1) is 28.0. The lowest BCUT2D eigenvalue weighted by atomic mass is 9.98. The van der Waals surface area contributed by atoms with E-state index in [0.29, 0.717) is 12.1 Å². The number of aliphatic hydroxyl groups excluding tert-OH is 1. The third-order valence-corrected chi connectivity index (χ3v) is 11.4. The lowest BCUT2D eigenvalue weighted by Gasteiger charge is -2.40. The van der Waals surface area contributed by atoms with Crippen molar-refractivity contribution in [1.29, 1.82) is 0 Å². The molecule has 0 saturated carbocycles. The van der Waals surface area contributed by atoms with E-state index in [0.717, 1.165) is 23.1 Å². The third-order valence-electron chi connectivity index (χ3n) is 6.93. The minimum Gasteiger partial charge on any atom is -0.508 e. The van der Waals surface area contributed by atoms with E-state index in [4.69, 9.17) is 4.43 Å². The van der Waals surface area contributed by atoms with Crippen LogP contribution >= 0.6 is 0 Å². The number of nitrogens with one attached hydrogen (secondary N) is 1. The summed E-state index contributed by atoms with van der Waals surface area (Å²) in [6.45, 7) is 15.2. The SMILES string of the molecule is CC(Cc1ccc(C(C)C(=O)O)cc1)NC[C@H](O[Si](C)(C)C(C)(C)C)c1ccc(O)c(CO)c1. The summed E-state index contributed by atoms with van der Waals surface area (Å²) in [5.74, 6) is -1.26. The maximum atomic E-state index is 11.2. The van der Waals surface area contributed by atoms with Crippen molar-refractivity contribution >= 4 is 14.3 Å². The van der Waals surface area contributed by atoms with Gasteiger partial charge in [-0.05, 0) is 67.2 Å². The smallest absolute Gasteiger partial charge is 0.310 e. The number of aliphatic carboxylic acids is 1. The van der Waals surface area contributed by atoms with Crippen molar-refractivity contribution in [1.82, 2.24) is 5.32 Å². The Bertz CT molecular complexity index is 952. The number of phenols is 1. The molecule has 0 spiro atoms. The molecule has 2 aromatic carbocycles. The van der Waals surface area contributed by atoms with E-state index in [1.165, 1.54) is 0 Å². The van der Waals surface area contributed by atoms with Crippen LogP contribution in [0, 0.1) is 0 Å². The largest absolute Gasteiger partial charge is 0.508 e. The van der Waals surface area contributed by atoms with Gasteiger partial charge in [-0.2, -0.15) is 0 Å². The summed E-state index contributed by atoms with van der Waals surface area (Å²) in [7, 11) is -2.08. The second-order valence-corrected chi connectivity index (χ2v) is 15.5. The summed E-state index contributed by atoms with van der Waals surface area (Å²) in [6, 6.07) is 13.2. The maximum Gasteiger partial charge on any atom is 0.310 e. The van der Waals surface area contributed by atoms with Crippen LogP contribution in [0.4, 0.5) is 0 Å². The molecular formula is C27H41NO5Si. The first-order chi connectivity index (χ1) is 15.7. The third kappa shape index (κ3) is 7.40. The maximum absolute atomic E-state index is 11.2. The molecule has 0 aromatic heterocycles. The molecule has 0 amide bonds. The number of benzene rings is 2. The fourth-order valence-electron chi connectivity index (χ4n) is 3.51. The number of hydrogen-bond donors (Lipinski definition) is 4. The van der Waals surface area contributed by atoms with E-state index in [-0.39, 0.29) is 29.5 Å². The van der Waals surface area contributed by atoms with Gasteiger partial charge in [-0.1, -0.05) is 51.1 Å². The second-order valence-electron chi connectivity index (χ2n) is 10.7. The number of carboxylic acid groups (broad SMARTS) is 1. The lowest BCUT2D eigenvalue weighted by Crippen LogP contribution is -2.44. The molecule has 3 atom stereocenters. The van der Waals surface area contributed by atoms with E-state index in [9.17, 15) is 20.1 Å². The lowest BCUT2D eigenvalue weighted by molar-refractivity contribution is -0.138. The van der Waals surface area contributed by atoms with Crippen LogP contribution in [-0.2, 0) is 22.2 Å². The Kier molecular flexibility index (Phi) is 9.48. The Morgan fingerprint density at radius 1 is 1.06 bits per heavy atom. The molecule has 2 rings (SSSR count). The highest BCUT2D eigenvalue weighted by Crippen LogP contribution is 2.40. The van der Waals surface area contributed by atoms with Gasteiger partial charge in [0, 0.05) is 18.2 Å². The number of hydrogen-bond acceptors (Lipinski definition) is 5. The highest BCUT2D eigenvalue weighted by Gasteiger charge is 2.39. The molecule has 6 nitrogen and oxygen atoms in total. The number of aliphatic hydroxyl groups is 1. The number of aromatic hydroxyl groups is 1. The zero-order chi connectivity index (χ0) is 25.7. The van der Waals surface area contributed by atoms with Gasteiger partial charge in [-0.3, -0.25) is 4.79 Å². The molecule has 0 fully saturated rings. The fraction of sp³-hybridized carbons (Fsp3) is 0.519. The van der Waals surface area contributed by atoms with Gasteiger partial charge in [0.15, 0.2) is 8.32 Å². The Morgan fingerprint density at radius 3 is 2.18 bits per heavy atom. The van der Waals surface area contributed by atoms with Crippen molar-refractivity contribution < 1.29 is 24.5 Å². The minimum atomic E-state index is -2.08. The molecule has 0 bridgehead atoms. The molecule has 0 aliphatic heterocycles. The number of carboxylic acids is 1. The van der Waals surface area contributed by atoms with Gasteiger partial charge in [-0.15, -0.1) is 0 Å². The van der Waals surface area contributed by atoms with E-state index in [2.05, 4.69) is 46.1 Å². The first-order valence-electron chi connectivity index (χ1n) is 11.9. The predicted octanol–water partition coefficient (Wildman–Crippen LogP) is 5.36. The second kappa shape index (κ2) is 11.5. The molecule has 188 valence electrons. The monoisotopic (exact) mass is 487 g/mol. The molecule has 0 heterocycles. The Balaban J connectivity index is 2.14. The van der Waals surface area contributed by atoms with Crippen LogP contribution in [-0.4, -0.2) is 42.2 Å². The minimum absolute atomic E-state index is 0.0441. The fourth-order valence-corrected chi connectivity index (χ4v) is 4.80. The molecule has 0 saturated heterocycles. The van der Waals surface area contributed by atoms with Crippen molar-refractivity contribution in [2.24, 2.45) is 0 Å². The Hall–Kier alpha value is -2.19. The predicted molar refractivity (Wildman–Crippen MR) is 139 cm³/mol. The van der Waals surface area contributed by atoms with Crippen LogP contribution in [0.25, 0.3) is 0 Å². The molecule has 2 unspecified atom stereocenters. The van der Waals surface area contributed by atoms with Crippen LogP contribution in [0.15, 0.2) is 42.5 Å². The molecule has 7 heteroatoms. The molecule has 0 aliphatic carbocycles. The number of carbonyl (C=O) groups is 1. The van der Waals surface area contributed by atoms with Crippen LogP contribution < -0.4 is 5.32 Å². The van der Waals surface area contributed by atoms with Crippen molar-refractivity contribution in [3.63, 3.8) is 0 Å². The van der Waals surface area contributed by atoms with Crippen LogP contribution in [0.5, 0.6) is 5.75 Å². The average Bonchev–Trinajstić information content (AvgIpc) is 2.76. The molecule has 0 aliphatic rings. The summed E-state index contributed by atoms with van der Waals surface area (Å²) in [6.07, 6.45) is 0.583. The van der Waals surface area contributed by atoms with Gasteiger partial charge in [-0.25, -0.2) is 0 Å². The summed E-state index contributed by atoms with van der Waals surface area (Å²) in [5.41, 5.74) is 3.35. The van der Waals surface area contributed by atoms with Crippen molar-refractivity contribution in [2.45, 2.75) is 83.8 Å². The van der Waals surface area contributed by atoms with Crippen molar-refractivity contribution in [2.75, 3.05) is 6.54 Å². The Labute approximate surface area is 205 Å². The quantitative estimate of drug-likeness (QED) is 0.319. The van der Waals surface area contributed by atoms with Crippen LogP contribution in [0.2, 0.25) is 18.1 Å². The zero-order valence-corrected chi connectivity index (χ0v) is 22.6. The van der Waals surface area contributed by atoms with Gasteiger partial charge < -0.3 is 25.1 Å². The first-order valence-corrected chi connectivity index (χ1v) is 14.8. The van der Waals surface area contributed by atoms with Crippen LogP contribution in [0.1, 0.15) is 68.9 Å². The summed E-state index contributed by atoms with van der Waals surface area (Å²) in [5, 5.41) is 32.4. The van der Waals surface area contributed by atoms with E-state index in [1.807, 2.05) is 36.4 Å². The summed E-state index contributed by atoms with van der Waals surface area (Å²) < 4.78 is 6.75. The zero-order valence-electron chi connectivity index (χ0n) is 21.6. The van der Waals surface area contributed by atoms with E-state index >= 15 is 0 Å². The molecule has 0 radical (unpaired) electrons. The number of rotatable bonds is 11. The van der Waals surface area contributed by atoms with Crippen molar-refractivity contribution in [3.05, 3.63) is 64.7 Å². The topological polar surface area (TPSA) is 99.0 Å².